The Morgan fingerprint density at radius 3 is 1.43 bits per heavy atom. The molecule has 0 bridgehead atoms. The van der Waals surface area contributed by atoms with Crippen molar-refractivity contribution in [3.05, 3.63) is 60.8 Å². The Morgan fingerprint density at radius 1 is 0.571 bits per heavy atom. The lowest BCUT2D eigenvalue weighted by atomic mass is 10.2. The van der Waals surface area contributed by atoms with Crippen molar-refractivity contribution >= 4 is 6.29 Å². The highest BCUT2D eigenvalue weighted by atomic mass is 16.1. The number of hydrogen-bond donors (Lipinski definition) is 0. The molecule has 0 rings (SSSR count). The fraction of sp³-hybridized carbons (Fsp3) is 0.450. The van der Waals surface area contributed by atoms with Gasteiger partial charge < -0.3 is 4.79 Å². The monoisotopic (exact) mass is 286 g/mol. The molecule has 0 aromatic carbocycles. The standard InChI is InChI=1S/C20H30O/c1-2-3-4-5-6-7-8-9-10-11-12-13-14-15-16-17-18-19-20-21/h3-4,6-7,9-10,12-13,15-16,20H,2,5,8,11,14,17-19H2,1H3. The Balaban J connectivity index is 3.43. The maximum atomic E-state index is 10.1. The lowest BCUT2D eigenvalue weighted by molar-refractivity contribution is -0.107. The van der Waals surface area contributed by atoms with Gasteiger partial charge in [-0.05, 0) is 44.9 Å². The molecule has 116 valence electrons. The first-order valence-electron chi connectivity index (χ1n) is 8.10. The minimum absolute atomic E-state index is 0.675. The van der Waals surface area contributed by atoms with E-state index in [1.165, 1.54) is 0 Å². The van der Waals surface area contributed by atoms with Crippen LogP contribution in [-0.2, 0) is 4.79 Å². The van der Waals surface area contributed by atoms with Gasteiger partial charge in [0.15, 0.2) is 0 Å². The molecule has 0 aliphatic heterocycles. The van der Waals surface area contributed by atoms with Crippen LogP contribution in [0.5, 0.6) is 0 Å². The second kappa shape index (κ2) is 18.4. The molecule has 0 saturated carbocycles. The molecule has 0 atom stereocenters. The Bertz CT molecular complexity index is 356. The molecule has 0 heterocycles. The molecule has 0 amide bonds. The van der Waals surface area contributed by atoms with E-state index in [-0.39, 0.29) is 0 Å². The summed E-state index contributed by atoms with van der Waals surface area (Å²) in [6.07, 6.45) is 30.7. The zero-order chi connectivity index (χ0) is 15.4. The van der Waals surface area contributed by atoms with E-state index in [0.29, 0.717) is 6.42 Å². The first kappa shape index (κ1) is 19.4. The quantitative estimate of drug-likeness (QED) is 0.227. The summed E-state index contributed by atoms with van der Waals surface area (Å²) in [6.45, 7) is 2.15. The largest absolute Gasteiger partial charge is 0.303 e. The van der Waals surface area contributed by atoms with E-state index >= 15 is 0 Å². The molecule has 1 nitrogen and oxygen atoms in total. The molecule has 0 aromatic rings. The average molecular weight is 286 g/mol. The summed E-state index contributed by atoms with van der Waals surface area (Å²) >= 11 is 0. The highest BCUT2D eigenvalue weighted by Crippen LogP contribution is 1.97. The SMILES string of the molecule is CCC=CCC=CCC=CCC=CCC=CCCCC=O. The molecule has 0 spiro atoms. The number of carbonyl (C=O) groups excluding carboxylic acids is 1. The third-order valence-electron chi connectivity index (χ3n) is 2.85. The van der Waals surface area contributed by atoms with E-state index in [9.17, 15) is 4.79 Å². The molecule has 0 aliphatic carbocycles. The summed E-state index contributed by atoms with van der Waals surface area (Å²) in [5.74, 6) is 0. The molecule has 0 aromatic heterocycles. The zero-order valence-electron chi connectivity index (χ0n) is 13.4. The minimum Gasteiger partial charge on any atom is -0.303 e. The maximum Gasteiger partial charge on any atom is 0.120 e. The van der Waals surface area contributed by atoms with E-state index in [0.717, 1.165) is 51.2 Å². The molecule has 0 N–H and O–H groups in total. The van der Waals surface area contributed by atoms with Gasteiger partial charge in [0.25, 0.3) is 0 Å². The van der Waals surface area contributed by atoms with Crippen molar-refractivity contribution in [3.8, 4) is 0 Å². The first-order valence-corrected chi connectivity index (χ1v) is 8.10. The maximum absolute atomic E-state index is 10.1. The number of unbranched alkanes of at least 4 members (excludes halogenated alkanes) is 2. The Morgan fingerprint density at radius 2 is 1.00 bits per heavy atom. The first-order chi connectivity index (χ1) is 10.4. The van der Waals surface area contributed by atoms with Gasteiger partial charge in [-0.2, -0.15) is 0 Å². The highest BCUT2D eigenvalue weighted by Gasteiger charge is 1.80. The molecular weight excluding hydrogens is 256 g/mol. The molecular formula is C20H30O. The van der Waals surface area contributed by atoms with Crippen molar-refractivity contribution in [3.63, 3.8) is 0 Å². The fourth-order valence-corrected chi connectivity index (χ4v) is 1.69. The summed E-state index contributed by atoms with van der Waals surface area (Å²) in [5.41, 5.74) is 0. The highest BCUT2D eigenvalue weighted by molar-refractivity contribution is 5.49. The normalized spacial score (nSPS) is 12.8. The molecule has 0 saturated heterocycles. The van der Waals surface area contributed by atoms with Crippen LogP contribution < -0.4 is 0 Å². The van der Waals surface area contributed by atoms with Gasteiger partial charge in [0.05, 0.1) is 0 Å². The van der Waals surface area contributed by atoms with E-state index in [4.69, 9.17) is 0 Å². The molecule has 0 aliphatic rings. The lowest BCUT2D eigenvalue weighted by Crippen LogP contribution is -1.73. The second-order valence-corrected chi connectivity index (χ2v) is 4.81. The van der Waals surface area contributed by atoms with Gasteiger partial charge >= 0.3 is 0 Å². The molecule has 0 unspecified atom stereocenters. The van der Waals surface area contributed by atoms with Crippen LogP contribution in [0.2, 0.25) is 0 Å². The molecule has 0 radical (unpaired) electrons. The summed E-state index contributed by atoms with van der Waals surface area (Å²) in [4.78, 5) is 10.1. The second-order valence-electron chi connectivity index (χ2n) is 4.81. The van der Waals surface area contributed by atoms with Crippen molar-refractivity contribution < 1.29 is 4.79 Å². The predicted molar refractivity (Wildman–Crippen MR) is 94.4 cm³/mol. The van der Waals surface area contributed by atoms with Crippen molar-refractivity contribution in [2.75, 3.05) is 0 Å². The Hall–Kier alpha value is -1.63. The van der Waals surface area contributed by atoms with Gasteiger partial charge in [-0.3, -0.25) is 0 Å². The average Bonchev–Trinajstić information content (AvgIpc) is 2.50. The van der Waals surface area contributed by atoms with Gasteiger partial charge in [0.1, 0.15) is 6.29 Å². The lowest BCUT2D eigenvalue weighted by Gasteiger charge is -1.87. The Labute approximate surface area is 130 Å². The van der Waals surface area contributed by atoms with E-state index in [2.05, 4.69) is 67.7 Å². The van der Waals surface area contributed by atoms with Gasteiger partial charge in [-0.15, -0.1) is 0 Å². The Kier molecular flexibility index (Phi) is 16.9. The van der Waals surface area contributed by atoms with Crippen molar-refractivity contribution in [2.45, 2.75) is 58.3 Å². The number of hydrogen-bond acceptors (Lipinski definition) is 1. The van der Waals surface area contributed by atoms with Crippen LogP contribution in [0.15, 0.2) is 60.8 Å². The van der Waals surface area contributed by atoms with E-state index in [1.807, 2.05) is 0 Å². The third kappa shape index (κ3) is 18.4. The zero-order valence-corrected chi connectivity index (χ0v) is 13.4. The van der Waals surface area contributed by atoms with Crippen LogP contribution in [0.25, 0.3) is 0 Å². The fourth-order valence-electron chi connectivity index (χ4n) is 1.69. The van der Waals surface area contributed by atoms with Crippen LogP contribution in [0.4, 0.5) is 0 Å². The van der Waals surface area contributed by atoms with Gasteiger partial charge in [0, 0.05) is 6.42 Å². The third-order valence-corrected chi connectivity index (χ3v) is 2.85. The molecule has 21 heavy (non-hydrogen) atoms. The van der Waals surface area contributed by atoms with E-state index in [1.54, 1.807) is 0 Å². The van der Waals surface area contributed by atoms with Crippen LogP contribution >= 0.6 is 0 Å². The van der Waals surface area contributed by atoms with Crippen LogP contribution in [-0.4, -0.2) is 6.29 Å². The smallest absolute Gasteiger partial charge is 0.120 e. The van der Waals surface area contributed by atoms with Gasteiger partial charge in [-0.1, -0.05) is 67.7 Å². The predicted octanol–water partition coefficient (Wildman–Crippen LogP) is 6.11. The topological polar surface area (TPSA) is 17.1 Å². The van der Waals surface area contributed by atoms with E-state index < -0.39 is 0 Å². The summed E-state index contributed by atoms with van der Waals surface area (Å²) in [6, 6.07) is 0. The van der Waals surface area contributed by atoms with Crippen molar-refractivity contribution in [2.24, 2.45) is 0 Å². The van der Waals surface area contributed by atoms with Gasteiger partial charge in [0.2, 0.25) is 0 Å². The van der Waals surface area contributed by atoms with Crippen LogP contribution in [0.3, 0.4) is 0 Å². The van der Waals surface area contributed by atoms with Crippen LogP contribution in [0, 0.1) is 0 Å². The minimum atomic E-state index is 0.675. The van der Waals surface area contributed by atoms with Crippen molar-refractivity contribution in [1.29, 1.82) is 0 Å². The van der Waals surface area contributed by atoms with Gasteiger partial charge in [-0.25, -0.2) is 0 Å². The number of allylic oxidation sites excluding steroid dienone is 10. The summed E-state index contributed by atoms with van der Waals surface area (Å²) < 4.78 is 0. The van der Waals surface area contributed by atoms with Crippen molar-refractivity contribution in [1.82, 2.24) is 0 Å². The molecule has 1 heteroatoms. The summed E-state index contributed by atoms with van der Waals surface area (Å²) in [7, 11) is 0. The van der Waals surface area contributed by atoms with Crippen LogP contribution in [0.1, 0.15) is 58.3 Å². The number of carbonyl (C=O) groups is 1. The molecule has 0 fully saturated rings. The number of aldehydes is 1. The number of rotatable bonds is 13. The summed E-state index contributed by atoms with van der Waals surface area (Å²) in [5, 5.41) is 0.